The van der Waals surface area contributed by atoms with Crippen molar-refractivity contribution in [2.45, 2.75) is 18.8 Å². The molecule has 5 rings (SSSR count). The van der Waals surface area contributed by atoms with Crippen LogP contribution in [0.3, 0.4) is 0 Å². The third-order valence-corrected chi connectivity index (χ3v) is 4.84. The number of hydrogen-bond donors (Lipinski definition) is 1. The summed E-state index contributed by atoms with van der Waals surface area (Å²) in [6.07, 6.45) is 2.86. The highest BCUT2D eigenvalue weighted by Crippen LogP contribution is 2.48. The standard InChI is InChI=1S/C19H14N4O2/c24-18(21-15-8-9-20-22-15)16-13-6-3-5-12-10-11-4-1-2-7-14(11)23(17(12)13)19(16)25/h1-7,9,16H,8,10H2,(H,21,22,24). The van der Waals surface area contributed by atoms with Crippen molar-refractivity contribution in [1.82, 2.24) is 5.32 Å². The van der Waals surface area contributed by atoms with Crippen molar-refractivity contribution >= 4 is 35.2 Å². The molecular formula is C19H14N4O2. The van der Waals surface area contributed by atoms with Crippen LogP contribution in [0.4, 0.5) is 11.4 Å². The van der Waals surface area contributed by atoms with Crippen LogP contribution >= 0.6 is 0 Å². The number of amides is 2. The maximum atomic E-state index is 13.2. The van der Waals surface area contributed by atoms with Gasteiger partial charge in [0.25, 0.3) is 0 Å². The lowest BCUT2D eigenvalue weighted by molar-refractivity contribution is -0.128. The normalized spacial score (nSPS) is 19.5. The van der Waals surface area contributed by atoms with Gasteiger partial charge in [0, 0.05) is 19.1 Å². The van der Waals surface area contributed by atoms with Crippen molar-refractivity contribution in [3.63, 3.8) is 0 Å². The van der Waals surface area contributed by atoms with Gasteiger partial charge in [-0.25, -0.2) is 0 Å². The number of carbonyl (C=O) groups excluding carboxylic acids is 2. The van der Waals surface area contributed by atoms with Crippen LogP contribution in [0.2, 0.25) is 0 Å². The number of benzene rings is 2. The molecule has 3 heterocycles. The predicted molar refractivity (Wildman–Crippen MR) is 94.3 cm³/mol. The predicted octanol–water partition coefficient (Wildman–Crippen LogP) is 2.26. The average Bonchev–Trinajstić information content (AvgIpc) is 3.22. The second-order valence-electron chi connectivity index (χ2n) is 6.31. The Hall–Kier alpha value is -3.28. The molecular weight excluding hydrogens is 316 g/mol. The lowest BCUT2D eigenvalue weighted by Gasteiger charge is -2.28. The van der Waals surface area contributed by atoms with Gasteiger partial charge in [-0.2, -0.15) is 5.10 Å². The maximum Gasteiger partial charge on any atom is 0.248 e. The van der Waals surface area contributed by atoms with E-state index in [4.69, 9.17) is 0 Å². The van der Waals surface area contributed by atoms with Gasteiger partial charge in [0.1, 0.15) is 11.8 Å². The molecule has 1 atom stereocenters. The first-order valence-electron chi connectivity index (χ1n) is 8.17. The Labute approximate surface area is 143 Å². The number of hydrogen-bond acceptors (Lipinski definition) is 4. The molecule has 3 aliphatic heterocycles. The molecule has 0 aliphatic carbocycles. The van der Waals surface area contributed by atoms with Gasteiger partial charge in [0.2, 0.25) is 11.8 Å². The number of nitrogens with zero attached hydrogens (tertiary/aromatic N) is 3. The van der Waals surface area contributed by atoms with Crippen molar-refractivity contribution < 1.29 is 9.59 Å². The minimum atomic E-state index is -0.857. The number of rotatable bonds is 1. The van der Waals surface area contributed by atoms with Gasteiger partial charge in [-0.1, -0.05) is 36.4 Å². The van der Waals surface area contributed by atoms with Gasteiger partial charge < -0.3 is 5.32 Å². The van der Waals surface area contributed by atoms with E-state index in [0.29, 0.717) is 12.3 Å². The molecule has 2 amide bonds. The van der Waals surface area contributed by atoms with Crippen LogP contribution in [0, 0.1) is 0 Å². The van der Waals surface area contributed by atoms with Crippen LogP contribution in [0.15, 0.2) is 52.7 Å². The third kappa shape index (κ3) is 1.97. The molecule has 2 aromatic rings. The van der Waals surface area contributed by atoms with Crippen LogP contribution in [-0.2, 0) is 16.0 Å². The van der Waals surface area contributed by atoms with Gasteiger partial charge in [-0.15, -0.1) is 5.10 Å². The number of amidine groups is 1. The number of nitrogens with one attached hydrogen (secondary N) is 1. The summed E-state index contributed by atoms with van der Waals surface area (Å²) in [7, 11) is 0. The van der Waals surface area contributed by atoms with Crippen molar-refractivity contribution in [2.75, 3.05) is 4.90 Å². The Morgan fingerprint density at radius 2 is 1.96 bits per heavy atom. The Kier molecular flexibility index (Phi) is 2.88. The summed E-state index contributed by atoms with van der Waals surface area (Å²) in [5, 5.41) is 10.3. The van der Waals surface area contributed by atoms with E-state index in [1.54, 1.807) is 11.1 Å². The molecule has 25 heavy (non-hydrogen) atoms. The average molecular weight is 330 g/mol. The molecule has 0 aromatic heterocycles. The molecule has 0 fully saturated rings. The minimum Gasteiger partial charge on any atom is -0.311 e. The Bertz CT molecular complexity index is 993. The first-order valence-corrected chi connectivity index (χ1v) is 8.17. The minimum absolute atomic E-state index is 0.216. The smallest absolute Gasteiger partial charge is 0.248 e. The highest BCUT2D eigenvalue weighted by Gasteiger charge is 2.45. The molecule has 6 nitrogen and oxygen atoms in total. The molecule has 0 saturated carbocycles. The van der Waals surface area contributed by atoms with E-state index in [0.717, 1.165) is 34.5 Å². The number of anilines is 2. The van der Waals surface area contributed by atoms with Crippen LogP contribution in [0.25, 0.3) is 0 Å². The largest absolute Gasteiger partial charge is 0.311 e. The second-order valence-corrected chi connectivity index (χ2v) is 6.31. The van der Waals surface area contributed by atoms with E-state index >= 15 is 0 Å². The fraction of sp³-hybridized carbons (Fsp3) is 0.158. The summed E-state index contributed by atoms with van der Waals surface area (Å²) in [6.45, 7) is 0. The van der Waals surface area contributed by atoms with Crippen molar-refractivity contribution in [3.05, 3.63) is 59.2 Å². The Balaban J connectivity index is 1.60. The summed E-state index contributed by atoms with van der Waals surface area (Å²) < 4.78 is 0. The van der Waals surface area contributed by atoms with Gasteiger partial charge in [-0.05, 0) is 22.8 Å². The molecule has 1 unspecified atom stereocenters. The molecule has 0 bridgehead atoms. The molecule has 6 heteroatoms. The third-order valence-electron chi connectivity index (χ3n) is 4.84. The van der Waals surface area contributed by atoms with E-state index in [1.165, 1.54) is 0 Å². The molecule has 0 spiro atoms. The van der Waals surface area contributed by atoms with Gasteiger partial charge >= 0.3 is 0 Å². The van der Waals surface area contributed by atoms with E-state index in [2.05, 4.69) is 15.5 Å². The summed E-state index contributed by atoms with van der Waals surface area (Å²) in [4.78, 5) is 27.6. The topological polar surface area (TPSA) is 74.1 Å². The summed E-state index contributed by atoms with van der Waals surface area (Å²) >= 11 is 0. The molecule has 1 N–H and O–H groups in total. The van der Waals surface area contributed by atoms with Gasteiger partial charge in [0.05, 0.1) is 11.4 Å². The lowest BCUT2D eigenvalue weighted by atomic mass is 9.93. The summed E-state index contributed by atoms with van der Waals surface area (Å²) in [5.74, 6) is -0.949. The zero-order chi connectivity index (χ0) is 17.0. The fourth-order valence-electron chi connectivity index (χ4n) is 3.78. The van der Waals surface area contributed by atoms with E-state index in [-0.39, 0.29) is 11.8 Å². The molecule has 0 saturated heterocycles. The van der Waals surface area contributed by atoms with Crippen molar-refractivity contribution in [2.24, 2.45) is 10.2 Å². The molecule has 3 aliphatic rings. The van der Waals surface area contributed by atoms with E-state index in [1.807, 2.05) is 42.5 Å². The highest BCUT2D eigenvalue weighted by molar-refractivity contribution is 6.24. The highest BCUT2D eigenvalue weighted by atomic mass is 16.2. The lowest BCUT2D eigenvalue weighted by Crippen LogP contribution is -2.38. The molecule has 0 radical (unpaired) electrons. The SMILES string of the molecule is O=C(NC1=NN=CC1)C1C(=O)N2c3ccccc3Cc3cccc1c32. The zero-order valence-electron chi connectivity index (χ0n) is 13.3. The molecule has 2 aromatic carbocycles. The quantitative estimate of drug-likeness (QED) is 0.815. The fourth-order valence-corrected chi connectivity index (χ4v) is 3.78. The van der Waals surface area contributed by atoms with Gasteiger partial charge in [0.15, 0.2) is 0 Å². The van der Waals surface area contributed by atoms with E-state index < -0.39 is 5.92 Å². The van der Waals surface area contributed by atoms with Crippen molar-refractivity contribution in [3.8, 4) is 0 Å². The van der Waals surface area contributed by atoms with Crippen LogP contribution in [0.1, 0.15) is 29.0 Å². The Morgan fingerprint density at radius 1 is 1.12 bits per heavy atom. The summed E-state index contributed by atoms with van der Waals surface area (Å²) in [6, 6.07) is 13.6. The van der Waals surface area contributed by atoms with Crippen LogP contribution in [0.5, 0.6) is 0 Å². The Morgan fingerprint density at radius 3 is 2.80 bits per heavy atom. The number of para-hydroxylation sites is 2. The monoisotopic (exact) mass is 330 g/mol. The van der Waals surface area contributed by atoms with Crippen LogP contribution in [-0.4, -0.2) is 23.9 Å². The molecule has 122 valence electrons. The maximum absolute atomic E-state index is 13.2. The first kappa shape index (κ1) is 14.1. The second kappa shape index (κ2) is 5.11. The first-order chi connectivity index (χ1) is 12.2. The van der Waals surface area contributed by atoms with Crippen LogP contribution < -0.4 is 10.2 Å². The summed E-state index contributed by atoms with van der Waals surface area (Å²) in [5.41, 5.74) is 4.64. The number of fused-ring (bicyclic) bond motifs is 2. The van der Waals surface area contributed by atoms with Gasteiger partial charge in [-0.3, -0.25) is 14.5 Å². The zero-order valence-corrected chi connectivity index (χ0v) is 13.3. The number of carbonyl (C=O) groups is 2. The van der Waals surface area contributed by atoms with Crippen molar-refractivity contribution in [1.29, 1.82) is 0 Å². The van der Waals surface area contributed by atoms with E-state index in [9.17, 15) is 9.59 Å².